The Hall–Kier alpha value is -3.55. The number of amides is 3. The minimum absolute atomic E-state index is 0.0191. The van der Waals surface area contributed by atoms with Crippen molar-refractivity contribution in [1.82, 2.24) is 9.80 Å². The molecule has 3 amide bonds. The van der Waals surface area contributed by atoms with E-state index >= 15 is 0 Å². The fourth-order valence-corrected chi connectivity index (χ4v) is 5.01. The first kappa shape index (κ1) is 24.6. The van der Waals surface area contributed by atoms with E-state index in [0.29, 0.717) is 30.9 Å². The smallest absolute Gasteiger partial charge is 0.322 e. The summed E-state index contributed by atoms with van der Waals surface area (Å²) in [5.41, 5.74) is 10.9. The first-order chi connectivity index (χ1) is 16.8. The standard InChI is InChI=1S/C27H34N4O4/c1-17-4-6-22(18(2)26(17)28)24(32)8-9-25(33)30-13-11-20(12-14-30)31-15-10-19-16-21(35-3)5-7-23(19)29-27(31)34/h4-7,16,20H,8-15,28H2,1-3H3,(H,29,34). The lowest BCUT2D eigenvalue weighted by atomic mass is 9.97. The number of nitrogens with two attached hydrogens (primary N) is 1. The number of methoxy groups -OCH3 is 1. The van der Waals surface area contributed by atoms with Crippen LogP contribution in [0.2, 0.25) is 0 Å². The maximum absolute atomic E-state index is 12.9. The van der Waals surface area contributed by atoms with Crippen LogP contribution in [0, 0.1) is 13.8 Å². The number of rotatable bonds is 6. The number of likely N-dealkylation sites (tertiary alicyclic amines) is 1. The number of ketones is 1. The lowest BCUT2D eigenvalue weighted by molar-refractivity contribution is -0.132. The number of urea groups is 1. The van der Waals surface area contributed by atoms with Crippen LogP contribution in [0.15, 0.2) is 30.3 Å². The van der Waals surface area contributed by atoms with Crippen molar-refractivity contribution < 1.29 is 19.1 Å². The molecular formula is C27H34N4O4. The molecule has 1 fully saturated rings. The molecular weight excluding hydrogens is 444 g/mol. The van der Waals surface area contributed by atoms with E-state index in [9.17, 15) is 14.4 Å². The second-order valence-electron chi connectivity index (χ2n) is 9.40. The number of carbonyl (C=O) groups excluding carboxylic acids is 3. The maximum Gasteiger partial charge on any atom is 0.322 e. The van der Waals surface area contributed by atoms with Crippen molar-refractivity contribution in [2.75, 3.05) is 37.8 Å². The van der Waals surface area contributed by atoms with Crippen molar-refractivity contribution >= 4 is 29.1 Å². The van der Waals surface area contributed by atoms with Crippen molar-refractivity contribution in [1.29, 1.82) is 0 Å². The first-order valence-electron chi connectivity index (χ1n) is 12.2. The summed E-state index contributed by atoms with van der Waals surface area (Å²) >= 11 is 0. The molecule has 0 unspecified atom stereocenters. The Morgan fingerprint density at radius 1 is 1.09 bits per heavy atom. The van der Waals surface area contributed by atoms with Gasteiger partial charge >= 0.3 is 6.03 Å². The van der Waals surface area contributed by atoms with Gasteiger partial charge < -0.3 is 25.6 Å². The molecule has 2 heterocycles. The number of hydrogen-bond acceptors (Lipinski definition) is 5. The van der Waals surface area contributed by atoms with Crippen molar-refractivity contribution in [3.05, 3.63) is 52.6 Å². The van der Waals surface area contributed by atoms with Gasteiger partial charge in [0.05, 0.1) is 7.11 Å². The van der Waals surface area contributed by atoms with Gasteiger partial charge in [0, 0.05) is 55.5 Å². The number of fused-ring (bicyclic) bond motifs is 1. The molecule has 0 aromatic heterocycles. The normalized spacial score (nSPS) is 16.4. The molecule has 186 valence electrons. The number of hydrogen-bond donors (Lipinski definition) is 2. The topological polar surface area (TPSA) is 105 Å². The number of aryl methyl sites for hydroxylation is 1. The molecule has 0 aliphatic carbocycles. The van der Waals surface area contributed by atoms with Crippen LogP contribution in [-0.2, 0) is 11.2 Å². The van der Waals surface area contributed by atoms with Crippen LogP contribution in [0.1, 0.15) is 52.7 Å². The lowest BCUT2D eigenvalue weighted by Gasteiger charge is -2.38. The van der Waals surface area contributed by atoms with Gasteiger partial charge in [-0.1, -0.05) is 12.1 Å². The molecule has 0 bridgehead atoms. The molecule has 0 atom stereocenters. The molecule has 2 aromatic carbocycles. The zero-order valence-electron chi connectivity index (χ0n) is 20.7. The van der Waals surface area contributed by atoms with Crippen molar-refractivity contribution in [2.24, 2.45) is 0 Å². The summed E-state index contributed by atoms with van der Waals surface area (Å²) < 4.78 is 5.31. The molecule has 0 spiro atoms. The molecule has 35 heavy (non-hydrogen) atoms. The number of piperidine rings is 1. The summed E-state index contributed by atoms with van der Waals surface area (Å²) in [6.45, 7) is 5.54. The molecule has 0 saturated carbocycles. The Kier molecular flexibility index (Phi) is 7.28. The number of Topliss-reactive ketones (excluding diaryl/α,β-unsaturated/α-hetero) is 1. The van der Waals surface area contributed by atoms with Crippen LogP contribution in [-0.4, -0.2) is 60.3 Å². The van der Waals surface area contributed by atoms with E-state index in [0.717, 1.165) is 47.4 Å². The van der Waals surface area contributed by atoms with E-state index in [1.54, 1.807) is 13.2 Å². The highest BCUT2D eigenvalue weighted by Gasteiger charge is 2.31. The average molecular weight is 479 g/mol. The highest BCUT2D eigenvalue weighted by Crippen LogP contribution is 2.28. The van der Waals surface area contributed by atoms with Crippen molar-refractivity contribution in [2.45, 2.75) is 52.0 Å². The molecule has 8 heteroatoms. The largest absolute Gasteiger partial charge is 0.497 e. The van der Waals surface area contributed by atoms with Crippen LogP contribution in [0.5, 0.6) is 5.75 Å². The van der Waals surface area contributed by atoms with Gasteiger partial charge in [0.2, 0.25) is 5.91 Å². The Balaban J connectivity index is 1.29. The molecule has 2 aromatic rings. The monoisotopic (exact) mass is 478 g/mol. The summed E-state index contributed by atoms with van der Waals surface area (Å²) in [4.78, 5) is 42.1. The average Bonchev–Trinajstić information content (AvgIpc) is 3.03. The minimum atomic E-state index is -0.1000. The van der Waals surface area contributed by atoms with Gasteiger partial charge in [-0.2, -0.15) is 0 Å². The highest BCUT2D eigenvalue weighted by atomic mass is 16.5. The first-order valence-corrected chi connectivity index (χ1v) is 12.2. The number of nitrogens with one attached hydrogen (secondary N) is 1. The predicted molar refractivity (Wildman–Crippen MR) is 136 cm³/mol. The predicted octanol–water partition coefficient (Wildman–Crippen LogP) is 3.94. The highest BCUT2D eigenvalue weighted by molar-refractivity contribution is 6.00. The van der Waals surface area contributed by atoms with Gasteiger partial charge in [-0.05, 0) is 68.0 Å². The number of benzene rings is 2. The summed E-state index contributed by atoms with van der Waals surface area (Å²) in [6, 6.07) is 9.31. The van der Waals surface area contributed by atoms with Gasteiger partial charge in [-0.15, -0.1) is 0 Å². The third kappa shape index (κ3) is 5.26. The Labute approximate surface area is 206 Å². The van der Waals surface area contributed by atoms with E-state index < -0.39 is 0 Å². The summed E-state index contributed by atoms with van der Waals surface area (Å²) in [5.74, 6) is 0.696. The van der Waals surface area contributed by atoms with Crippen molar-refractivity contribution in [3.8, 4) is 5.75 Å². The molecule has 4 rings (SSSR count). The van der Waals surface area contributed by atoms with Crippen LogP contribution < -0.4 is 15.8 Å². The Morgan fingerprint density at radius 3 is 2.54 bits per heavy atom. The van der Waals surface area contributed by atoms with Crippen LogP contribution in [0.25, 0.3) is 0 Å². The maximum atomic E-state index is 12.9. The van der Waals surface area contributed by atoms with Gasteiger partial charge in [-0.25, -0.2) is 4.79 Å². The fourth-order valence-electron chi connectivity index (χ4n) is 5.01. The van der Waals surface area contributed by atoms with E-state index in [1.807, 2.05) is 47.9 Å². The van der Waals surface area contributed by atoms with Crippen LogP contribution >= 0.6 is 0 Å². The molecule has 8 nitrogen and oxygen atoms in total. The van der Waals surface area contributed by atoms with E-state index in [1.165, 1.54) is 0 Å². The zero-order valence-corrected chi connectivity index (χ0v) is 20.7. The molecule has 2 aliphatic heterocycles. The summed E-state index contributed by atoms with van der Waals surface area (Å²) in [5, 5.41) is 3.02. The second kappa shape index (κ2) is 10.4. The third-order valence-corrected chi connectivity index (χ3v) is 7.29. The fraction of sp³-hybridized carbons (Fsp3) is 0.444. The Bertz CT molecular complexity index is 1140. The van der Waals surface area contributed by atoms with E-state index in [-0.39, 0.29) is 36.6 Å². The van der Waals surface area contributed by atoms with Crippen LogP contribution in [0.3, 0.4) is 0 Å². The molecule has 2 aliphatic rings. The number of nitrogens with zero attached hydrogens (tertiary/aromatic N) is 2. The van der Waals surface area contributed by atoms with Crippen molar-refractivity contribution in [3.63, 3.8) is 0 Å². The molecule has 3 N–H and O–H groups in total. The Morgan fingerprint density at radius 2 is 1.83 bits per heavy atom. The number of nitrogen functional groups attached to an aromatic ring is 1. The molecule has 1 saturated heterocycles. The number of anilines is 2. The van der Waals surface area contributed by atoms with E-state index in [2.05, 4.69) is 5.32 Å². The lowest BCUT2D eigenvalue weighted by Crippen LogP contribution is -2.50. The minimum Gasteiger partial charge on any atom is -0.497 e. The van der Waals surface area contributed by atoms with Gasteiger partial charge in [0.15, 0.2) is 5.78 Å². The van der Waals surface area contributed by atoms with Gasteiger partial charge in [-0.3, -0.25) is 9.59 Å². The van der Waals surface area contributed by atoms with Gasteiger partial charge in [0.25, 0.3) is 0 Å². The quantitative estimate of drug-likeness (QED) is 0.483. The number of ether oxygens (including phenoxy) is 1. The SMILES string of the molecule is COc1ccc2c(c1)CCN(C1CCN(C(=O)CCC(=O)c3ccc(C)c(N)c3C)CC1)C(=O)N2. The van der Waals surface area contributed by atoms with Crippen LogP contribution in [0.4, 0.5) is 16.2 Å². The zero-order chi connectivity index (χ0) is 25.1. The number of carbonyl (C=O) groups is 3. The van der Waals surface area contributed by atoms with Gasteiger partial charge in [0.1, 0.15) is 5.75 Å². The second-order valence-corrected chi connectivity index (χ2v) is 9.40. The summed E-state index contributed by atoms with van der Waals surface area (Å²) in [7, 11) is 1.63. The molecule has 0 radical (unpaired) electrons. The van der Waals surface area contributed by atoms with E-state index in [4.69, 9.17) is 10.5 Å². The summed E-state index contributed by atoms with van der Waals surface area (Å²) in [6.07, 6.45) is 2.53. The third-order valence-electron chi connectivity index (χ3n) is 7.29.